The molecule has 2 aromatic rings. The zero-order valence-corrected chi connectivity index (χ0v) is 14.8. The molecule has 2 atom stereocenters. The Morgan fingerprint density at radius 3 is 1.43 bits per heavy atom. The summed E-state index contributed by atoms with van der Waals surface area (Å²) in [7, 11) is 0. The fourth-order valence-electron chi connectivity index (χ4n) is 2.47. The molecule has 0 spiro atoms. The van der Waals surface area contributed by atoms with Crippen LogP contribution in [0, 0.1) is 0 Å². The average molecular weight is 388 g/mol. The third kappa shape index (κ3) is 4.75. The molecule has 2 aromatic carbocycles. The number of nitrogens with one attached hydrogen (secondary N) is 2. The van der Waals surface area contributed by atoms with E-state index in [1.807, 2.05) is 0 Å². The summed E-state index contributed by atoms with van der Waals surface area (Å²) in [6, 6.07) is 12.7. The Labute approximate surface area is 160 Å². The summed E-state index contributed by atoms with van der Waals surface area (Å²) in [4.78, 5) is 23.0. The molecule has 6 N–H and O–H groups in total. The molecule has 2 amide bonds. The number of amides is 2. The number of ether oxygens (including phenoxy) is 4. The fraction of sp³-hybridized carbons (Fsp3) is 0.222. The third-order valence-electron chi connectivity index (χ3n) is 3.87. The molecule has 0 aromatic heterocycles. The van der Waals surface area contributed by atoms with Crippen LogP contribution in [0.5, 0.6) is 11.5 Å². The van der Waals surface area contributed by atoms with E-state index in [-0.39, 0.29) is 0 Å². The van der Waals surface area contributed by atoms with Gasteiger partial charge in [0.15, 0.2) is 0 Å². The van der Waals surface area contributed by atoms with Crippen LogP contribution in [0.2, 0.25) is 0 Å². The van der Waals surface area contributed by atoms with Gasteiger partial charge in [-0.3, -0.25) is 20.4 Å². The number of carbonyl (C=O) groups is 2. The van der Waals surface area contributed by atoms with Crippen LogP contribution in [-0.2, 0) is 9.47 Å². The molecule has 1 saturated heterocycles. The van der Waals surface area contributed by atoms with Crippen LogP contribution < -0.4 is 32.0 Å². The SMILES string of the molecule is NNC(=O)c1ccc(O[C@H]2OCCO[C@@H]2Oc2ccc(C(=O)NN)cc2)cc1. The highest BCUT2D eigenvalue weighted by molar-refractivity contribution is 5.94. The number of nitrogens with two attached hydrogens (primary N) is 2. The van der Waals surface area contributed by atoms with E-state index in [0.717, 1.165) is 0 Å². The van der Waals surface area contributed by atoms with Crippen LogP contribution in [0.4, 0.5) is 0 Å². The van der Waals surface area contributed by atoms with Crippen LogP contribution in [0.15, 0.2) is 48.5 Å². The maximum atomic E-state index is 11.5. The number of carbonyl (C=O) groups excluding carboxylic acids is 2. The van der Waals surface area contributed by atoms with Gasteiger partial charge in [-0.2, -0.15) is 0 Å². The molecule has 10 nitrogen and oxygen atoms in total. The zero-order valence-electron chi connectivity index (χ0n) is 14.8. The normalized spacial score (nSPS) is 18.8. The minimum Gasteiger partial charge on any atom is -0.458 e. The minimum absolute atomic E-state index is 0.341. The van der Waals surface area contributed by atoms with Crippen molar-refractivity contribution in [2.24, 2.45) is 11.7 Å². The lowest BCUT2D eigenvalue weighted by atomic mass is 10.2. The lowest BCUT2D eigenvalue weighted by molar-refractivity contribution is -0.271. The Hall–Kier alpha value is -3.18. The summed E-state index contributed by atoms with van der Waals surface area (Å²) in [5, 5.41) is 0. The van der Waals surface area contributed by atoms with Gasteiger partial charge in [-0.25, -0.2) is 11.7 Å². The Morgan fingerprint density at radius 2 is 1.11 bits per heavy atom. The smallest absolute Gasteiger partial charge is 0.265 e. The van der Waals surface area contributed by atoms with Crippen LogP contribution in [-0.4, -0.2) is 37.6 Å². The van der Waals surface area contributed by atoms with Crippen molar-refractivity contribution in [3.05, 3.63) is 59.7 Å². The van der Waals surface area contributed by atoms with E-state index in [4.69, 9.17) is 30.6 Å². The first-order chi connectivity index (χ1) is 13.6. The monoisotopic (exact) mass is 388 g/mol. The summed E-state index contributed by atoms with van der Waals surface area (Å²) in [6.45, 7) is 0.682. The fourth-order valence-corrected chi connectivity index (χ4v) is 2.47. The van der Waals surface area contributed by atoms with Crippen molar-refractivity contribution >= 4 is 11.8 Å². The van der Waals surface area contributed by atoms with Crippen molar-refractivity contribution in [3.63, 3.8) is 0 Å². The van der Waals surface area contributed by atoms with Crippen molar-refractivity contribution in [2.45, 2.75) is 12.6 Å². The average Bonchev–Trinajstić information content (AvgIpc) is 2.75. The molecular formula is C18H20N4O6. The molecule has 0 bridgehead atoms. The van der Waals surface area contributed by atoms with E-state index in [1.165, 1.54) is 0 Å². The minimum atomic E-state index is -0.824. The summed E-state index contributed by atoms with van der Waals surface area (Å²) in [5.74, 6) is 10.3. The van der Waals surface area contributed by atoms with Crippen LogP contribution in [0.3, 0.4) is 0 Å². The van der Waals surface area contributed by atoms with Crippen LogP contribution >= 0.6 is 0 Å². The molecule has 148 valence electrons. The van der Waals surface area contributed by atoms with E-state index < -0.39 is 24.4 Å². The lowest BCUT2D eigenvalue weighted by Crippen LogP contribution is -2.45. The van der Waals surface area contributed by atoms with Gasteiger partial charge in [0, 0.05) is 11.1 Å². The topological polar surface area (TPSA) is 147 Å². The Bertz CT molecular complexity index is 742. The Morgan fingerprint density at radius 1 is 0.750 bits per heavy atom. The molecule has 1 aliphatic rings. The molecule has 1 fully saturated rings. The standard InChI is InChI=1S/C18H20N4O6/c19-21-15(23)11-1-5-13(6-2-11)27-17-18(26-10-9-25-17)28-14-7-3-12(4-8-14)16(24)22-20/h1-8,17-18H,9-10,19-20H2,(H,21,23)(H,22,24)/t17-,18-/m1/s1. The second-order valence-corrected chi connectivity index (χ2v) is 5.71. The quantitative estimate of drug-likeness (QED) is 0.308. The number of benzene rings is 2. The van der Waals surface area contributed by atoms with Gasteiger partial charge in [0.1, 0.15) is 11.5 Å². The second-order valence-electron chi connectivity index (χ2n) is 5.71. The molecule has 1 heterocycles. The number of nitrogen functional groups attached to an aromatic ring is 2. The van der Waals surface area contributed by atoms with Gasteiger partial charge in [-0.1, -0.05) is 0 Å². The van der Waals surface area contributed by atoms with Gasteiger partial charge in [0.2, 0.25) is 0 Å². The molecule has 0 saturated carbocycles. The van der Waals surface area contributed by atoms with Gasteiger partial charge in [0.25, 0.3) is 24.4 Å². The molecule has 3 rings (SSSR count). The number of hydrogen-bond acceptors (Lipinski definition) is 8. The highest BCUT2D eigenvalue weighted by atomic mass is 16.8. The molecule has 0 aliphatic carbocycles. The van der Waals surface area contributed by atoms with Crippen molar-refractivity contribution in [3.8, 4) is 11.5 Å². The largest absolute Gasteiger partial charge is 0.458 e. The van der Waals surface area contributed by atoms with Gasteiger partial charge < -0.3 is 18.9 Å². The maximum absolute atomic E-state index is 11.5. The Kier molecular flexibility index (Phi) is 6.40. The van der Waals surface area contributed by atoms with Crippen LogP contribution in [0.25, 0.3) is 0 Å². The Balaban J connectivity index is 1.65. The van der Waals surface area contributed by atoms with Gasteiger partial charge >= 0.3 is 0 Å². The maximum Gasteiger partial charge on any atom is 0.265 e. The predicted molar refractivity (Wildman–Crippen MR) is 96.9 cm³/mol. The highest BCUT2D eigenvalue weighted by Crippen LogP contribution is 2.22. The lowest BCUT2D eigenvalue weighted by Gasteiger charge is -2.31. The molecule has 28 heavy (non-hydrogen) atoms. The van der Waals surface area contributed by atoms with E-state index >= 15 is 0 Å². The van der Waals surface area contributed by atoms with E-state index in [2.05, 4.69) is 10.9 Å². The number of rotatable bonds is 6. The summed E-state index contributed by atoms with van der Waals surface area (Å²) >= 11 is 0. The predicted octanol–water partition coefficient (Wildman–Crippen LogP) is 0.0504. The second kappa shape index (κ2) is 9.15. The summed E-state index contributed by atoms with van der Waals surface area (Å²) < 4.78 is 22.7. The third-order valence-corrected chi connectivity index (χ3v) is 3.87. The highest BCUT2D eigenvalue weighted by Gasteiger charge is 2.31. The molecule has 0 radical (unpaired) electrons. The molecule has 10 heteroatoms. The summed E-state index contributed by atoms with van der Waals surface area (Å²) in [5.41, 5.74) is 4.90. The van der Waals surface area contributed by atoms with Gasteiger partial charge in [-0.05, 0) is 48.5 Å². The zero-order chi connectivity index (χ0) is 19.9. The first-order valence-corrected chi connectivity index (χ1v) is 8.39. The molecular weight excluding hydrogens is 368 g/mol. The first-order valence-electron chi connectivity index (χ1n) is 8.39. The number of hydrazine groups is 2. The molecule has 1 aliphatic heterocycles. The number of hydrogen-bond donors (Lipinski definition) is 4. The van der Waals surface area contributed by atoms with Crippen molar-refractivity contribution in [1.82, 2.24) is 10.9 Å². The van der Waals surface area contributed by atoms with Gasteiger partial charge in [0.05, 0.1) is 13.2 Å². The van der Waals surface area contributed by atoms with Gasteiger partial charge in [-0.15, -0.1) is 0 Å². The van der Waals surface area contributed by atoms with Crippen molar-refractivity contribution in [1.29, 1.82) is 0 Å². The van der Waals surface area contributed by atoms with E-state index in [0.29, 0.717) is 35.8 Å². The van der Waals surface area contributed by atoms with Crippen molar-refractivity contribution < 1.29 is 28.5 Å². The van der Waals surface area contributed by atoms with Crippen LogP contribution in [0.1, 0.15) is 20.7 Å². The van der Waals surface area contributed by atoms with E-state index in [1.54, 1.807) is 48.5 Å². The molecule has 0 unspecified atom stereocenters. The van der Waals surface area contributed by atoms with E-state index in [9.17, 15) is 9.59 Å². The first kappa shape index (κ1) is 19.6. The van der Waals surface area contributed by atoms with Crippen molar-refractivity contribution in [2.75, 3.05) is 13.2 Å². The summed E-state index contributed by atoms with van der Waals surface area (Å²) in [6.07, 6.45) is -1.65.